The maximum atomic E-state index is 13.2. The Kier molecular flexibility index (Phi) is 3.18. The number of nitrogens with one attached hydrogen (secondary N) is 1. The Morgan fingerprint density at radius 1 is 1.18 bits per heavy atom. The molecule has 0 aliphatic heterocycles. The molecular weight excluding hydrogens is 228 g/mol. The molecule has 0 unspecified atom stereocenters. The van der Waals surface area contributed by atoms with Gasteiger partial charge in [0.25, 0.3) is 5.56 Å². The standard InChI is InChI=1S/C12H9F2NO2/c13-9-2-1-8(11(14)5-9)7-17-10-3-4-15-12(16)6-10/h1-6H,7H2,(H,15,16). The zero-order valence-electron chi connectivity index (χ0n) is 8.74. The smallest absolute Gasteiger partial charge is 0.251 e. The molecule has 0 saturated carbocycles. The lowest BCUT2D eigenvalue weighted by Crippen LogP contribution is -2.05. The van der Waals surface area contributed by atoms with Crippen molar-refractivity contribution >= 4 is 0 Å². The number of rotatable bonds is 3. The number of benzene rings is 1. The molecule has 3 nitrogen and oxygen atoms in total. The van der Waals surface area contributed by atoms with Gasteiger partial charge in [-0.2, -0.15) is 0 Å². The number of hydrogen-bond donors (Lipinski definition) is 1. The van der Waals surface area contributed by atoms with Crippen LogP contribution in [-0.4, -0.2) is 4.98 Å². The first-order chi connectivity index (χ1) is 8.15. The summed E-state index contributed by atoms with van der Waals surface area (Å²) in [5.41, 5.74) is -0.0752. The van der Waals surface area contributed by atoms with Gasteiger partial charge in [-0.25, -0.2) is 8.78 Å². The highest BCUT2D eigenvalue weighted by atomic mass is 19.1. The van der Waals surface area contributed by atoms with Crippen molar-refractivity contribution in [2.24, 2.45) is 0 Å². The van der Waals surface area contributed by atoms with Gasteiger partial charge in [-0.15, -0.1) is 0 Å². The van der Waals surface area contributed by atoms with Crippen molar-refractivity contribution in [1.82, 2.24) is 4.98 Å². The summed E-state index contributed by atoms with van der Waals surface area (Å²) in [6, 6.07) is 6.04. The molecule has 0 bridgehead atoms. The first-order valence-corrected chi connectivity index (χ1v) is 4.90. The van der Waals surface area contributed by atoms with Gasteiger partial charge < -0.3 is 9.72 Å². The zero-order chi connectivity index (χ0) is 12.3. The zero-order valence-corrected chi connectivity index (χ0v) is 8.74. The molecule has 1 N–H and O–H groups in total. The third-order valence-electron chi connectivity index (χ3n) is 2.16. The van der Waals surface area contributed by atoms with Crippen molar-refractivity contribution in [1.29, 1.82) is 0 Å². The molecule has 2 aromatic rings. The van der Waals surface area contributed by atoms with Gasteiger partial charge in [0.15, 0.2) is 0 Å². The van der Waals surface area contributed by atoms with Crippen LogP contribution in [0.3, 0.4) is 0 Å². The van der Waals surface area contributed by atoms with Crippen molar-refractivity contribution in [3.63, 3.8) is 0 Å². The average Bonchev–Trinajstić information content (AvgIpc) is 2.28. The van der Waals surface area contributed by atoms with Crippen LogP contribution in [-0.2, 0) is 6.61 Å². The molecule has 0 aliphatic rings. The summed E-state index contributed by atoms with van der Waals surface area (Å²) in [7, 11) is 0. The number of halogens is 2. The van der Waals surface area contributed by atoms with Gasteiger partial charge >= 0.3 is 0 Å². The summed E-state index contributed by atoms with van der Waals surface area (Å²) < 4.78 is 31.1. The minimum Gasteiger partial charge on any atom is -0.489 e. The third kappa shape index (κ3) is 2.90. The first kappa shape index (κ1) is 11.3. The molecule has 0 fully saturated rings. The summed E-state index contributed by atoms with van der Waals surface area (Å²) in [6.07, 6.45) is 1.43. The van der Waals surface area contributed by atoms with E-state index in [-0.39, 0.29) is 17.7 Å². The molecule has 1 aromatic carbocycles. The van der Waals surface area contributed by atoms with E-state index < -0.39 is 11.6 Å². The predicted octanol–water partition coefficient (Wildman–Crippen LogP) is 2.23. The van der Waals surface area contributed by atoms with Crippen LogP contribution in [0.2, 0.25) is 0 Å². The minimum atomic E-state index is -0.671. The fraction of sp³-hybridized carbons (Fsp3) is 0.0833. The van der Waals surface area contributed by atoms with Gasteiger partial charge in [0.2, 0.25) is 0 Å². The highest BCUT2D eigenvalue weighted by Crippen LogP contribution is 2.13. The van der Waals surface area contributed by atoms with Crippen molar-refractivity contribution in [2.75, 3.05) is 0 Å². The van der Waals surface area contributed by atoms with Gasteiger partial charge in [-0.3, -0.25) is 4.79 Å². The largest absolute Gasteiger partial charge is 0.489 e. The Labute approximate surface area is 95.7 Å². The third-order valence-corrected chi connectivity index (χ3v) is 2.16. The lowest BCUT2D eigenvalue weighted by Gasteiger charge is -2.06. The van der Waals surface area contributed by atoms with Gasteiger partial charge in [0, 0.05) is 23.9 Å². The van der Waals surface area contributed by atoms with E-state index in [1.54, 1.807) is 6.07 Å². The van der Waals surface area contributed by atoms with E-state index in [1.807, 2.05) is 0 Å². The lowest BCUT2D eigenvalue weighted by molar-refractivity contribution is 0.299. The quantitative estimate of drug-likeness (QED) is 0.889. The topological polar surface area (TPSA) is 42.1 Å². The van der Waals surface area contributed by atoms with Crippen molar-refractivity contribution in [3.8, 4) is 5.75 Å². The van der Waals surface area contributed by atoms with E-state index in [1.165, 1.54) is 18.3 Å². The maximum absolute atomic E-state index is 13.2. The molecule has 17 heavy (non-hydrogen) atoms. The van der Waals surface area contributed by atoms with Gasteiger partial charge in [0.1, 0.15) is 24.0 Å². The molecular formula is C12H9F2NO2. The molecule has 0 saturated heterocycles. The summed E-state index contributed by atoms with van der Waals surface area (Å²) in [5.74, 6) is -0.977. The number of hydrogen-bond acceptors (Lipinski definition) is 2. The van der Waals surface area contributed by atoms with Crippen LogP contribution in [0.5, 0.6) is 5.75 Å². The molecule has 0 atom stereocenters. The van der Waals surface area contributed by atoms with Crippen LogP contribution < -0.4 is 10.3 Å². The number of ether oxygens (including phenoxy) is 1. The number of pyridine rings is 1. The lowest BCUT2D eigenvalue weighted by atomic mass is 10.2. The summed E-state index contributed by atoms with van der Waals surface area (Å²) in [6.45, 7) is -0.0600. The number of H-pyrrole nitrogens is 1. The van der Waals surface area contributed by atoms with Crippen LogP contribution in [0, 0.1) is 11.6 Å². The number of aromatic nitrogens is 1. The van der Waals surface area contributed by atoms with Crippen LogP contribution in [0.25, 0.3) is 0 Å². The molecule has 1 aromatic heterocycles. The van der Waals surface area contributed by atoms with E-state index >= 15 is 0 Å². The van der Waals surface area contributed by atoms with Crippen molar-refractivity contribution in [2.45, 2.75) is 6.61 Å². The SMILES string of the molecule is O=c1cc(OCc2ccc(F)cc2F)cc[nH]1. The Morgan fingerprint density at radius 3 is 2.71 bits per heavy atom. The van der Waals surface area contributed by atoms with E-state index in [4.69, 9.17) is 4.74 Å². The van der Waals surface area contributed by atoms with E-state index in [0.717, 1.165) is 12.1 Å². The van der Waals surface area contributed by atoms with E-state index in [2.05, 4.69) is 4.98 Å². The van der Waals surface area contributed by atoms with E-state index in [9.17, 15) is 13.6 Å². The molecule has 5 heteroatoms. The van der Waals surface area contributed by atoms with Crippen LogP contribution in [0.15, 0.2) is 41.3 Å². The second kappa shape index (κ2) is 4.78. The summed E-state index contributed by atoms with van der Waals surface area (Å²) in [5, 5.41) is 0. The maximum Gasteiger partial charge on any atom is 0.251 e. The van der Waals surface area contributed by atoms with Gasteiger partial charge in [0.05, 0.1) is 0 Å². The van der Waals surface area contributed by atoms with Crippen molar-refractivity contribution in [3.05, 3.63) is 64.1 Å². The van der Waals surface area contributed by atoms with E-state index in [0.29, 0.717) is 5.75 Å². The van der Waals surface area contributed by atoms with Gasteiger partial charge in [-0.05, 0) is 18.2 Å². The predicted molar refractivity (Wildman–Crippen MR) is 57.8 cm³/mol. The first-order valence-electron chi connectivity index (χ1n) is 4.90. The minimum absolute atomic E-state index is 0.0600. The van der Waals surface area contributed by atoms with Crippen LogP contribution >= 0.6 is 0 Å². The molecule has 0 spiro atoms. The molecule has 2 rings (SSSR count). The fourth-order valence-corrected chi connectivity index (χ4v) is 1.31. The fourth-order valence-electron chi connectivity index (χ4n) is 1.31. The Morgan fingerprint density at radius 2 is 2.00 bits per heavy atom. The summed E-state index contributed by atoms with van der Waals surface area (Å²) in [4.78, 5) is 13.4. The average molecular weight is 237 g/mol. The summed E-state index contributed by atoms with van der Waals surface area (Å²) >= 11 is 0. The van der Waals surface area contributed by atoms with Crippen molar-refractivity contribution < 1.29 is 13.5 Å². The highest BCUT2D eigenvalue weighted by Gasteiger charge is 2.04. The Hall–Kier alpha value is -2.17. The number of aromatic amines is 1. The highest BCUT2D eigenvalue weighted by molar-refractivity contribution is 5.21. The molecule has 0 radical (unpaired) electrons. The second-order valence-corrected chi connectivity index (χ2v) is 3.41. The molecule has 0 aliphatic carbocycles. The van der Waals surface area contributed by atoms with Crippen LogP contribution in [0.1, 0.15) is 5.56 Å². The normalized spacial score (nSPS) is 10.2. The van der Waals surface area contributed by atoms with Gasteiger partial charge in [-0.1, -0.05) is 0 Å². The second-order valence-electron chi connectivity index (χ2n) is 3.41. The monoisotopic (exact) mass is 237 g/mol. The molecule has 0 amide bonds. The Balaban J connectivity index is 2.10. The van der Waals surface area contributed by atoms with Crippen LogP contribution in [0.4, 0.5) is 8.78 Å². The molecule has 88 valence electrons. The molecule has 1 heterocycles. The Bertz CT molecular complexity index is 581.